The molecule has 0 aliphatic carbocycles. The van der Waals surface area contributed by atoms with Crippen LogP contribution < -0.4 is 9.80 Å². The number of aromatic carboxylic acids is 1. The Kier molecular flexibility index (Phi) is 4.32. The second-order valence-electron chi connectivity index (χ2n) is 6.10. The van der Waals surface area contributed by atoms with Crippen molar-refractivity contribution in [2.45, 2.75) is 38.5 Å². The highest BCUT2D eigenvalue weighted by molar-refractivity contribution is 5.91. The number of nitrogens with zero attached hydrogens (tertiary/aromatic N) is 2. The Morgan fingerprint density at radius 1 is 0.810 bits per heavy atom. The van der Waals surface area contributed by atoms with Gasteiger partial charge >= 0.3 is 5.97 Å². The van der Waals surface area contributed by atoms with Gasteiger partial charge in [-0.05, 0) is 43.9 Å². The predicted octanol–water partition coefficient (Wildman–Crippen LogP) is 3.37. The molecule has 0 bridgehead atoms. The molecule has 0 spiro atoms. The minimum Gasteiger partial charge on any atom is -0.478 e. The van der Waals surface area contributed by atoms with Crippen molar-refractivity contribution in [3.05, 3.63) is 23.8 Å². The van der Waals surface area contributed by atoms with Gasteiger partial charge in [0.15, 0.2) is 0 Å². The minimum absolute atomic E-state index is 0.399. The number of hydrogen-bond donors (Lipinski definition) is 1. The summed E-state index contributed by atoms with van der Waals surface area (Å²) in [5, 5.41) is 9.27. The van der Waals surface area contributed by atoms with Gasteiger partial charge < -0.3 is 14.9 Å². The molecule has 0 aromatic heterocycles. The lowest BCUT2D eigenvalue weighted by molar-refractivity contribution is 0.0697. The third kappa shape index (κ3) is 3.14. The van der Waals surface area contributed by atoms with Gasteiger partial charge in [-0.15, -0.1) is 0 Å². The minimum atomic E-state index is -0.835. The maximum Gasteiger partial charge on any atom is 0.335 e. The lowest BCUT2D eigenvalue weighted by Crippen LogP contribution is -2.28. The third-order valence-electron chi connectivity index (χ3n) is 4.62. The smallest absolute Gasteiger partial charge is 0.335 e. The van der Waals surface area contributed by atoms with Crippen LogP contribution in [0.4, 0.5) is 11.4 Å². The largest absolute Gasteiger partial charge is 0.478 e. The molecule has 0 atom stereocenters. The first-order chi connectivity index (χ1) is 10.3. The average Bonchev–Trinajstić information content (AvgIpc) is 2.89. The number of hydrogen-bond acceptors (Lipinski definition) is 3. The molecule has 0 amide bonds. The van der Waals surface area contributed by atoms with E-state index in [1.807, 2.05) is 12.1 Å². The molecule has 4 nitrogen and oxygen atoms in total. The van der Waals surface area contributed by atoms with Crippen molar-refractivity contribution in [3.63, 3.8) is 0 Å². The van der Waals surface area contributed by atoms with E-state index in [2.05, 4.69) is 9.80 Å². The van der Waals surface area contributed by atoms with E-state index in [0.717, 1.165) is 31.9 Å². The lowest BCUT2D eigenvalue weighted by Gasteiger charge is -2.30. The molecule has 114 valence electrons. The molecule has 2 saturated heterocycles. The summed E-state index contributed by atoms with van der Waals surface area (Å²) in [6, 6.07) is 5.64. The van der Waals surface area contributed by atoms with Gasteiger partial charge in [-0.3, -0.25) is 0 Å². The molecule has 2 heterocycles. The van der Waals surface area contributed by atoms with Crippen LogP contribution in [-0.2, 0) is 0 Å². The molecule has 3 rings (SSSR count). The zero-order valence-corrected chi connectivity index (χ0v) is 12.6. The molecule has 21 heavy (non-hydrogen) atoms. The normalized spacial score (nSPS) is 19.6. The highest BCUT2D eigenvalue weighted by atomic mass is 16.4. The molecule has 0 saturated carbocycles. The van der Waals surface area contributed by atoms with Crippen molar-refractivity contribution in [2.24, 2.45) is 0 Å². The molecule has 1 aromatic rings. The second-order valence-corrected chi connectivity index (χ2v) is 6.10. The Morgan fingerprint density at radius 3 is 1.90 bits per heavy atom. The first kappa shape index (κ1) is 14.2. The zero-order valence-electron chi connectivity index (χ0n) is 12.6. The van der Waals surface area contributed by atoms with E-state index in [-0.39, 0.29) is 0 Å². The van der Waals surface area contributed by atoms with Crippen LogP contribution in [0.3, 0.4) is 0 Å². The summed E-state index contributed by atoms with van der Waals surface area (Å²) in [6.07, 6.45) is 7.50. The highest BCUT2D eigenvalue weighted by Crippen LogP contribution is 2.34. The first-order valence-corrected chi connectivity index (χ1v) is 8.13. The molecule has 1 aromatic carbocycles. The fourth-order valence-electron chi connectivity index (χ4n) is 3.45. The Bertz CT molecular complexity index is 502. The summed E-state index contributed by atoms with van der Waals surface area (Å²) in [4.78, 5) is 16.1. The SMILES string of the molecule is O=C(O)c1ccc(N2CCCCCC2)c(N2CCCC2)c1. The number of anilines is 2. The van der Waals surface area contributed by atoms with Gasteiger partial charge in [0.25, 0.3) is 0 Å². The molecule has 1 N–H and O–H groups in total. The Balaban J connectivity index is 1.95. The lowest BCUT2D eigenvalue weighted by atomic mass is 10.1. The van der Waals surface area contributed by atoms with Crippen LogP contribution in [0.1, 0.15) is 48.9 Å². The van der Waals surface area contributed by atoms with Crippen molar-refractivity contribution < 1.29 is 9.90 Å². The Hall–Kier alpha value is -1.71. The van der Waals surface area contributed by atoms with E-state index >= 15 is 0 Å². The van der Waals surface area contributed by atoms with Gasteiger partial charge in [0.1, 0.15) is 0 Å². The van der Waals surface area contributed by atoms with Crippen LogP contribution in [0.2, 0.25) is 0 Å². The monoisotopic (exact) mass is 288 g/mol. The van der Waals surface area contributed by atoms with Crippen LogP contribution in [-0.4, -0.2) is 37.3 Å². The van der Waals surface area contributed by atoms with Crippen LogP contribution in [0.15, 0.2) is 18.2 Å². The molecule has 0 unspecified atom stereocenters. The molecule has 4 heteroatoms. The molecule has 2 fully saturated rings. The number of benzene rings is 1. The molecular formula is C17H24N2O2. The van der Waals surface area contributed by atoms with Gasteiger partial charge in [0.05, 0.1) is 16.9 Å². The van der Waals surface area contributed by atoms with E-state index in [9.17, 15) is 9.90 Å². The van der Waals surface area contributed by atoms with Crippen molar-refractivity contribution >= 4 is 17.3 Å². The number of rotatable bonds is 3. The third-order valence-corrected chi connectivity index (χ3v) is 4.62. The molecule has 2 aliphatic rings. The van der Waals surface area contributed by atoms with E-state index in [1.54, 1.807) is 6.07 Å². The zero-order chi connectivity index (χ0) is 14.7. The molecule has 0 radical (unpaired) electrons. The highest BCUT2D eigenvalue weighted by Gasteiger charge is 2.21. The summed E-state index contributed by atoms with van der Waals surface area (Å²) in [6.45, 7) is 4.27. The van der Waals surface area contributed by atoms with E-state index in [1.165, 1.54) is 44.2 Å². The summed E-state index contributed by atoms with van der Waals surface area (Å²) in [5.41, 5.74) is 2.74. The van der Waals surface area contributed by atoms with Gasteiger partial charge in [-0.1, -0.05) is 12.8 Å². The van der Waals surface area contributed by atoms with Gasteiger partial charge in [-0.25, -0.2) is 4.79 Å². The topological polar surface area (TPSA) is 43.8 Å². The summed E-state index contributed by atoms with van der Waals surface area (Å²) in [5.74, 6) is -0.835. The van der Waals surface area contributed by atoms with E-state index in [0.29, 0.717) is 5.56 Å². The van der Waals surface area contributed by atoms with Crippen molar-refractivity contribution in [2.75, 3.05) is 36.0 Å². The van der Waals surface area contributed by atoms with Gasteiger partial charge in [-0.2, -0.15) is 0 Å². The first-order valence-electron chi connectivity index (χ1n) is 8.13. The number of carboxylic acid groups (broad SMARTS) is 1. The quantitative estimate of drug-likeness (QED) is 0.926. The standard InChI is InChI=1S/C17H24N2O2/c20-17(21)14-7-8-15(18-9-3-1-2-4-10-18)16(13-14)19-11-5-6-12-19/h7-8,13H,1-6,9-12H2,(H,20,21). The van der Waals surface area contributed by atoms with E-state index < -0.39 is 5.97 Å². The Morgan fingerprint density at radius 2 is 1.33 bits per heavy atom. The maximum absolute atomic E-state index is 11.3. The fourth-order valence-corrected chi connectivity index (χ4v) is 3.45. The second kappa shape index (κ2) is 6.37. The van der Waals surface area contributed by atoms with Crippen molar-refractivity contribution in [3.8, 4) is 0 Å². The summed E-state index contributed by atoms with van der Waals surface area (Å²) in [7, 11) is 0. The molecule has 2 aliphatic heterocycles. The van der Waals surface area contributed by atoms with Crippen LogP contribution >= 0.6 is 0 Å². The fraction of sp³-hybridized carbons (Fsp3) is 0.588. The number of carbonyl (C=O) groups is 1. The maximum atomic E-state index is 11.3. The van der Waals surface area contributed by atoms with Crippen LogP contribution in [0.5, 0.6) is 0 Å². The summed E-state index contributed by atoms with van der Waals surface area (Å²) >= 11 is 0. The average molecular weight is 288 g/mol. The van der Waals surface area contributed by atoms with Gasteiger partial charge in [0, 0.05) is 26.2 Å². The summed E-state index contributed by atoms with van der Waals surface area (Å²) < 4.78 is 0. The van der Waals surface area contributed by atoms with Crippen molar-refractivity contribution in [1.29, 1.82) is 0 Å². The van der Waals surface area contributed by atoms with Crippen molar-refractivity contribution in [1.82, 2.24) is 0 Å². The van der Waals surface area contributed by atoms with Crippen LogP contribution in [0, 0.1) is 0 Å². The van der Waals surface area contributed by atoms with Crippen LogP contribution in [0.25, 0.3) is 0 Å². The Labute approximate surface area is 126 Å². The molecular weight excluding hydrogens is 264 g/mol. The van der Waals surface area contributed by atoms with Gasteiger partial charge in [0.2, 0.25) is 0 Å². The predicted molar refractivity (Wildman–Crippen MR) is 85.5 cm³/mol. The van der Waals surface area contributed by atoms with E-state index in [4.69, 9.17) is 0 Å². The number of carboxylic acids is 1.